The number of nitrogen functional groups attached to an aromatic ring is 1. The smallest absolute Gasteiger partial charge is 0.128 e. The Hall–Kier alpha value is -1.25. The molecule has 100 valence electrons. The molecule has 2 N–H and O–H groups in total. The lowest BCUT2D eigenvalue weighted by Gasteiger charge is -2.28. The fourth-order valence-corrected chi connectivity index (χ4v) is 2.64. The third-order valence-electron chi connectivity index (χ3n) is 4.06. The fraction of sp³-hybridized carbons (Fsp3) is 0.600. The Bertz CT molecular complexity index is 449. The molecule has 1 saturated heterocycles. The van der Waals surface area contributed by atoms with Crippen molar-refractivity contribution in [1.29, 1.82) is 0 Å². The van der Waals surface area contributed by atoms with Crippen LogP contribution in [0.1, 0.15) is 32.8 Å². The van der Waals surface area contributed by atoms with E-state index in [0.29, 0.717) is 22.6 Å². The zero-order chi connectivity index (χ0) is 13.5. The van der Waals surface area contributed by atoms with Gasteiger partial charge in [-0.15, -0.1) is 0 Å². The predicted molar refractivity (Wildman–Crippen MR) is 75.3 cm³/mol. The average molecular weight is 250 g/mol. The molecule has 0 saturated carbocycles. The number of nitrogens with zero attached hydrogens (tertiary/aromatic N) is 1. The number of anilines is 2. The van der Waals surface area contributed by atoms with Gasteiger partial charge in [0.1, 0.15) is 5.82 Å². The van der Waals surface area contributed by atoms with Crippen LogP contribution >= 0.6 is 0 Å². The second-order valence-corrected chi connectivity index (χ2v) is 6.46. The molecule has 2 nitrogen and oxygen atoms in total. The summed E-state index contributed by atoms with van der Waals surface area (Å²) in [5, 5.41) is 0. The molecule has 18 heavy (non-hydrogen) atoms. The lowest BCUT2D eigenvalue weighted by Crippen LogP contribution is -2.26. The molecule has 1 aliphatic heterocycles. The molecular formula is C15H23FN2. The topological polar surface area (TPSA) is 29.3 Å². The predicted octanol–water partition coefficient (Wildman–Crippen LogP) is 3.59. The van der Waals surface area contributed by atoms with E-state index < -0.39 is 0 Å². The molecule has 0 aliphatic carbocycles. The van der Waals surface area contributed by atoms with E-state index in [2.05, 4.69) is 25.7 Å². The van der Waals surface area contributed by atoms with E-state index in [4.69, 9.17) is 5.73 Å². The Morgan fingerprint density at radius 2 is 2.00 bits per heavy atom. The van der Waals surface area contributed by atoms with Gasteiger partial charge in [-0.1, -0.05) is 20.8 Å². The second kappa shape index (κ2) is 4.45. The molecule has 2 rings (SSSR count). The van der Waals surface area contributed by atoms with Crippen molar-refractivity contribution < 1.29 is 4.39 Å². The van der Waals surface area contributed by atoms with E-state index in [9.17, 15) is 4.39 Å². The minimum Gasteiger partial charge on any atom is -0.397 e. The number of nitrogens with two attached hydrogens (primary N) is 1. The zero-order valence-electron chi connectivity index (χ0n) is 11.8. The van der Waals surface area contributed by atoms with E-state index in [1.54, 1.807) is 6.92 Å². The molecule has 1 aromatic rings. The quantitative estimate of drug-likeness (QED) is 0.772. The minimum absolute atomic E-state index is 0.220. The van der Waals surface area contributed by atoms with Gasteiger partial charge >= 0.3 is 0 Å². The molecule has 1 heterocycles. The maximum Gasteiger partial charge on any atom is 0.128 e. The monoisotopic (exact) mass is 250 g/mol. The van der Waals surface area contributed by atoms with Crippen LogP contribution in [0.5, 0.6) is 0 Å². The Morgan fingerprint density at radius 3 is 2.56 bits per heavy atom. The summed E-state index contributed by atoms with van der Waals surface area (Å²) in [6, 6.07) is 3.31. The standard InChI is InChI=1S/C15H23FN2/c1-10-7-14(13(17)8-12(10)16)18-6-5-11(9-18)15(2,3)4/h7-8,11H,5-6,9,17H2,1-4H3. The lowest BCUT2D eigenvalue weighted by atomic mass is 9.80. The maximum absolute atomic E-state index is 13.4. The number of benzene rings is 1. The number of aryl methyl sites for hydroxylation is 1. The number of hydrogen-bond acceptors (Lipinski definition) is 2. The summed E-state index contributed by atoms with van der Waals surface area (Å²) in [7, 11) is 0. The van der Waals surface area contributed by atoms with E-state index in [-0.39, 0.29) is 5.82 Å². The highest BCUT2D eigenvalue weighted by molar-refractivity contribution is 5.69. The zero-order valence-corrected chi connectivity index (χ0v) is 11.8. The summed E-state index contributed by atoms with van der Waals surface area (Å²) in [6.45, 7) is 10.6. The SMILES string of the molecule is Cc1cc(N2CCC(C(C)(C)C)C2)c(N)cc1F. The molecule has 1 aliphatic rings. The van der Waals surface area contributed by atoms with Crippen molar-refractivity contribution in [3.63, 3.8) is 0 Å². The van der Waals surface area contributed by atoms with Gasteiger partial charge in [-0.3, -0.25) is 0 Å². The van der Waals surface area contributed by atoms with Crippen LogP contribution in [0.3, 0.4) is 0 Å². The minimum atomic E-state index is -0.220. The summed E-state index contributed by atoms with van der Waals surface area (Å²) < 4.78 is 13.4. The summed E-state index contributed by atoms with van der Waals surface area (Å²) in [5.74, 6) is 0.449. The van der Waals surface area contributed by atoms with E-state index in [1.807, 2.05) is 6.07 Å². The van der Waals surface area contributed by atoms with Crippen LogP contribution < -0.4 is 10.6 Å². The lowest BCUT2D eigenvalue weighted by molar-refractivity contribution is 0.263. The first-order valence-corrected chi connectivity index (χ1v) is 6.59. The molecule has 1 unspecified atom stereocenters. The van der Waals surface area contributed by atoms with Crippen LogP contribution in [0.2, 0.25) is 0 Å². The summed E-state index contributed by atoms with van der Waals surface area (Å²) >= 11 is 0. The molecule has 3 heteroatoms. The molecule has 0 aromatic heterocycles. The molecule has 0 spiro atoms. The average Bonchev–Trinajstić information content (AvgIpc) is 2.72. The molecule has 1 atom stereocenters. The van der Waals surface area contributed by atoms with Crippen molar-refractivity contribution in [1.82, 2.24) is 0 Å². The van der Waals surface area contributed by atoms with Crippen molar-refractivity contribution in [2.24, 2.45) is 11.3 Å². The summed E-state index contributed by atoms with van der Waals surface area (Å²) in [4.78, 5) is 2.29. The molecule has 0 bridgehead atoms. The van der Waals surface area contributed by atoms with E-state index in [1.165, 1.54) is 12.5 Å². The summed E-state index contributed by atoms with van der Waals surface area (Å²) in [6.07, 6.45) is 1.18. The van der Waals surface area contributed by atoms with Crippen molar-refractivity contribution in [2.75, 3.05) is 23.7 Å². The van der Waals surface area contributed by atoms with Gasteiger partial charge in [-0.05, 0) is 42.4 Å². The van der Waals surface area contributed by atoms with E-state index >= 15 is 0 Å². The largest absolute Gasteiger partial charge is 0.397 e. The normalized spacial score (nSPS) is 20.5. The first-order chi connectivity index (χ1) is 8.29. The number of rotatable bonds is 1. The van der Waals surface area contributed by atoms with Crippen molar-refractivity contribution in [3.05, 3.63) is 23.5 Å². The van der Waals surface area contributed by atoms with Crippen LogP contribution in [0.4, 0.5) is 15.8 Å². The Balaban J connectivity index is 2.22. The van der Waals surface area contributed by atoms with Crippen LogP contribution in [-0.2, 0) is 0 Å². The van der Waals surface area contributed by atoms with Crippen LogP contribution in [0, 0.1) is 24.1 Å². The Morgan fingerprint density at radius 1 is 1.33 bits per heavy atom. The molecule has 0 radical (unpaired) electrons. The van der Waals surface area contributed by atoms with Gasteiger partial charge in [-0.2, -0.15) is 0 Å². The third-order valence-corrected chi connectivity index (χ3v) is 4.06. The maximum atomic E-state index is 13.4. The van der Waals surface area contributed by atoms with Crippen LogP contribution in [-0.4, -0.2) is 13.1 Å². The van der Waals surface area contributed by atoms with Gasteiger partial charge in [0.05, 0.1) is 11.4 Å². The fourth-order valence-electron chi connectivity index (χ4n) is 2.64. The van der Waals surface area contributed by atoms with E-state index in [0.717, 1.165) is 18.8 Å². The van der Waals surface area contributed by atoms with Gasteiger partial charge in [0.2, 0.25) is 0 Å². The van der Waals surface area contributed by atoms with Crippen LogP contribution in [0.25, 0.3) is 0 Å². The number of hydrogen-bond donors (Lipinski definition) is 1. The third kappa shape index (κ3) is 2.45. The van der Waals surface area contributed by atoms with Crippen molar-refractivity contribution >= 4 is 11.4 Å². The molecule has 0 amide bonds. The first-order valence-electron chi connectivity index (χ1n) is 6.59. The Labute approximate surface area is 109 Å². The van der Waals surface area contributed by atoms with Gasteiger partial charge in [0.15, 0.2) is 0 Å². The molecular weight excluding hydrogens is 227 g/mol. The van der Waals surface area contributed by atoms with Gasteiger partial charge in [0.25, 0.3) is 0 Å². The summed E-state index contributed by atoms with van der Waals surface area (Å²) in [5.41, 5.74) is 8.46. The Kier molecular flexibility index (Phi) is 3.26. The van der Waals surface area contributed by atoms with Crippen molar-refractivity contribution in [2.45, 2.75) is 34.1 Å². The second-order valence-electron chi connectivity index (χ2n) is 6.46. The van der Waals surface area contributed by atoms with Crippen LogP contribution in [0.15, 0.2) is 12.1 Å². The van der Waals surface area contributed by atoms with Crippen molar-refractivity contribution in [3.8, 4) is 0 Å². The highest BCUT2D eigenvalue weighted by Crippen LogP contribution is 2.37. The first kappa shape index (κ1) is 13.2. The molecule has 1 aromatic carbocycles. The number of halogens is 1. The highest BCUT2D eigenvalue weighted by atomic mass is 19.1. The van der Waals surface area contributed by atoms with Gasteiger partial charge in [-0.25, -0.2) is 4.39 Å². The molecule has 1 fully saturated rings. The van der Waals surface area contributed by atoms with Gasteiger partial charge in [0, 0.05) is 13.1 Å². The van der Waals surface area contributed by atoms with Gasteiger partial charge < -0.3 is 10.6 Å². The highest BCUT2D eigenvalue weighted by Gasteiger charge is 2.32.